The molecule has 2 N–H and O–H groups in total. The molecule has 0 radical (unpaired) electrons. The average Bonchev–Trinajstić information content (AvgIpc) is 2.70. The average molecular weight is 232 g/mol. The van der Waals surface area contributed by atoms with Gasteiger partial charge in [0.1, 0.15) is 6.54 Å². The van der Waals surface area contributed by atoms with Crippen molar-refractivity contribution in [1.29, 1.82) is 0 Å². The van der Waals surface area contributed by atoms with Gasteiger partial charge in [0.25, 0.3) is 0 Å². The van der Waals surface area contributed by atoms with Gasteiger partial charge in [-0.3, -0.25) is 4.79 Å². The van der Waals surface area contributed by atoms with Crippen LogP contribution >= 0.6 is 0 Å². The first kappa shape index (κ1) is 11.7. The number of aromatic nitrogens is 1. The number of nitrogens with zero attached hydrogens (tertiary/aromatic N) is 1. The van der Waals surface area contributed by atoms with Crippen LogP contribution in [-0.4, -0.2) is 28.2 Å². The Kier molecular flexibility index (Phi) is 3.44. The highest BCUT2D eigenvalue weighted by Crippen LogP contribution is 2.14. The number of benzene rings is 1. The first-order valence-corrected chi connectivity index (χ1v) is 5.65. The summed E-state index contributed by atoms with van der Waals surface area (Å²) in [6.45, 7) is 2.21. The zero-order valence-corrected chi connectivity index (χ0v) is 9.76. The summed E-state index contributed by atoms with van der Waals surface area (Å²) in [5, 5.41) is 12.9. The van der Waals surface area contributed by atoms with Gasteiger partial charge in [0.15, 0.2) is 0 Å². The van der Waals surface area contributed by atoms with Gasteiger partial charge < -0.3 is 15.0 Å². The predicted octanol–water partition coefficient (Wildman–Crippen LogP) is 1.14. The number of amides is 1. The van der Waals surface area contributed by atoms with E-state index in [0.717, 1.165) is 10.9 Å². The van der Waals surface area contributed by atoms with Crippen molar-refractivity contribution in [2.24, 2.45) is 0 Å². The fourth-order valence-corrected chi connectivity index (χ4v) is 1.75. The van der Waals surface area contributed by atoms with Crippen molar-refractivity contribution < 1.29 is 9.90 Å². The van der Waals surface area contributed by atoms with Crippen LogP contribution in [-0.2, 0) is 11.3 Å². The van der Waals surface area contributed by atoms with E-state index in [1.165, 1.54) is 0 Å². The van der Waals surface area contributed by atoms with Crippen LogP contribution in [0.4, 0.5) is 0 Å². The lowest BCUT2D eigenvalue weighted by molar-refractivity contribution is -0.122. The lowest BCUT2D eigenvalue weighted by atomic mass is 10.2. The molecule has 2 aromatic rings. The Morgan fingerprint density at radius 3 is 2.94 bits per heavy atom. The monoisotopic (exact) mass is 232 g/mol. The fourth-order valence-electron chi connectivity index (χ4n) is 1.75. The highest BCUT2D eigenvalue weighted by Gasteiger charge is 2.06. The number of carbonyl (C=O) groups excluding carboxylic acids is 1. The maximum atomic E-state index is 11.6. The number of rotatable bonds is 4. The van der Waals surface area contributed by atoms with E-state index < -0.39 is 6.10 Å². The van der Waals surface area contributed by atoms with Gasteiger partial charge in [-0.15, -0.1) is 0 Å². The van der Waals surface area contributed by atoms with Crippen molar-refractivity contribution in [3.63, 3.8) is 0 Å². The first-order chi connectivity index (χ1) is 8.16. The van der Waals surface area contributed by atoms with Gasteiger partial charge in [0.2, 0.25) is 5.91 Å². The number of nitrogens with one attached hydrogen (secondary N) is 1. The van der Waals surface area contributed by atoms with Crippen LogP contribution in [0.25, 0.3) is 10.9 Å². The number of para-hydroxylation sites is 1. The smallest absolute Gasteiger partial charge is 0.240 e. The van der Waals surface area contributed by atoms with E-state index in [1.807, 2.05) is 41.1 Å². The number of fused-ring (bicyclic) bond motifs is 1. The summed E-state index contributed by atoms with van der Waals surface area (Å²) >= 11 is 0. The Balaban J connectivity index is 2.06. The van der Waals surface area contributed by atoms with E-state index >= 15 is 0 Å². The Labute approximate surface area is 99.9 Å². The van der Waals surface area contributed by atoms with Crippen LogP contribution in [0.5, 0.6) is 0 Å². The molecule has 4 heteroatoms. The number of aliphatic hydroxyl groups is 1. The van der Waals surface area contributed by atoms with Gasteiger partial charge >= 0.3 is 0 Å². The van der Waals surface area contributed by atoms with Gasteiger partial charge in [-0.2, -0.15) is 0 Å². The molecule has 2 rings (SSSR count). The SMILES string of the molecule is CC(O)CNC(=O)Cn1ccc2ccccc21. The molecule has 90 valence electrons. The third-order valence-corrected chi connectivity index (χ3v) is 2.59. The summed E-state index contributed by atoms with van der Waals surface area (Å²) in [5.41, 5.74) is 1.04. The van der Waals surface area contributed by atoms with E-state index in [2.05, 4.69) is 5.32 Å². The fraction of sp³-hybridized carbons (Fsp3) is 0.308. The number of carbonyl (C=O) groups is 1. The summed E-state index contributed by atoms with van der Waals surface area (Å²) in [4.78, 5) is 11.6. The van der Waals surface area contributed by atoms with E-state index in [4.69, 9.17) is 5.11 Å². The molecule has 1 atom stereocenters. The Hall–Kier alpha value is -1.81. The van der Waals surface area contributed by atoms with Crippen LogP contribution in [0, 0.1) is 0 Å². The molecule has 1 heterocycles. The Morgan fingerprint density at radius 2 is 2.18 bits per heavy atom. The number of aliphatic hydroxyl groups excluding tert-OH is 1. The largest absolute Gasteiger partial charge is 0.392 e. The minimum Gasteiger partial charge on any atom is -0.392 e. The first-order valence-electron chi connectivity index (χ1n) is 5.65. The number of hydrogen-bond acceptors (Lipinski definition) is 2. The van der Waals surface area contributed by atoms with Crippen LogP contribution in [0.2, 0.25) is 0 Å². The second-order valence-electron chi connectivity index (χ2n) is 4.16. The molecule has 4 nitrogen and oxygen atoms in total. The molecule has 1 aromatic carbocycles. The molecule has 1 unspecified atom stereocenters. The van der Waals surface area contributed by atoms with E-state index in [9.17, 15) is 4.79 Å². The van der Waals surface area contributed by atoms with Crippen molar-refractivity contribution >= 4 is 16.8 Å². The molecule has 0 aliphatic heterocycles. The zero-order valence-electron chi connectivity index (χ0n) is 9.76. The molecular weight excluding hydrogens is 216 g/mol. The Morgan fingerprint density at radius 1 is 1.41 bits per heavy atom. The van der Waals surface area contributed by atoms with Crippen LogP contribution in [0.3, 0.4) is 0 Å². The summed E-state index contributed by atoms with van der Waals surface area (Å²) in [6.07, 6.45) is 1.38. The van der Waals surface area contributed by atoms with E-state index in [1.54, 1.807) is 6.92 Å². The van der Waals surface area contributed by atoms with Crippen molar-refractivity contribution in [3.8, 4) is 0 Å². The van der Waals surface area contributed by atoms with Crippen LogP contribution in [0.1, 0.15) is 6.92 Å². The van der Waals surface area contributed by atoms with Gasteiger partial charge in [0.05, 0.1) is 6.10 Å². The molecule has 0 saturated heterocycles. The maximum Gasteiger partial charge on any atom is 0.240 e. The summed E-state index contributed by atoms with van der Waals surface area (Å²) in [5.74, 6) is -0.0905. The van der Waals surface area contributed by atoms with Crippen LogP contribution < -0.4 is 5.32 Å². The molecule has 0 saturated carbocycles. The molecule has 1 amide bonds. The van der Waals surface area contributed by atoms with Gasteiger partial charge in [-0.1, -0.05) is 18.2 Å². The van der Waals surface area contributed by atoms with Crippen LogP contribution in [0.15, 0.2) is 36.5 Å². The van der Waals surface area contributed by atoms with Gasteiger partial charge in [-0.25, -0.2) is 0 Å². The molecule has 17 heavy (non-hydrogen) atoms. The van der Waals surface area contributed by atoms with Crippen molar-refractivity contribution in [2.45, 2.75) is 19.6 Å². The molecule has 1 aromatic heterocycles. The van der Waals surface area contributed by atoms with E-state index in [0.29, 0.717) is 0 Å². The number of hydrogen-bond donors (Lipinski definition) is 2. The maximum absolute atomic E-state index is 11.6. The topological polar surface area (TPSA) is 54.3 Å². The zero-order chi connectivity index (χ0) is 12.3. The molecular formula is C13H16N2O2. The van der Waals surface area contributed by atoms with Crippen molar-refractivity contribution in [2.75, 3.05) is 6.54 Å². The lowest BCUT2D eigenvalue weighted by Crippen LogP contribution is -2.33. The molecule has 0 spiro atoms. The predicted molar refractivity (Wildman–Crippen MR) is 66.6 cm³/mol. The minimum absolute atomic E-state index is 0.0905. The summed E-state index contributed by atoms with van der Waals surface area (Å²) in [7, 11) is 0. The second kappa shape index (κ2) is 5.01. The minimum atomic E-state index is -0.514. The molecule has 0 bridgehead atoms. The van der Waals surface area contributed by atoms with Gasteiger partial charge in [-0.05, 0) is 24.4 Å². The quantitative estimate of drug-likeness (QED) is 0.830. The third kappa shape index (κ3) is 2.85. The molecule has 0 aliphatic carbocycles. The Bertz CT molecular complexity index is 517. The molecule has 0 aliphatic rings. The summed E-state index contributed by atoms with van der Waals surface area (Å²) < 4.78 is 1.90. The lowest BCUT2D eigenvalue weighted by Gasteiger charge is -2.08. The standard InChI is InChI=1S/C13H16N2O2/c1-10(16)8-14-13(17)9-15-7-6-11-4-2-3-5-12(11)15/h2-7,10,16H,8-9H2,1H3,(H,14,17). The summed E-state index contributed by atoms with van der Waals surface area (Å²) in [6, 6.07) is 9.90. The second-order valence-corrected chi connectivity index (χ2v) is 4.16. The normalized spacial score (nSPS) is 12.6. The third-order valence-electron chi connectivity index (χ3n) is 2.59. The van der Waals surface area contributed by atoms with Gasteiger partial charge in [0, 0.05) is 18.3 Å². The molecule has 0 fully saturated rings. The van der Waals surface area contributed by atoms with Crippen molar-refractivity contribution in [1.82, 2.24) is 9.88 Å². The van der Waals surface area contributed by atoms with E-state index in [-0.39, 0.29) is 19.0 Å². The van der Waals surface area contributed by atoms with Crippen molar-refractivity contribution in [3.05, 3.63) is 36.5 Å². The highest BCUT2D eigenvalue weighted by molar-refractivity contribution is 5.83. The highest BCUT2D eigenvalue weighted by atomic mass is 16.3.